The molecule has 0 aromatic carbocycles. The molecule has 2 rings (SSSR count). The predicted molar refractivity (Wildman–Crippen MR) is 61.3 cm³/mol. The molecule has 0 saturated heterocycles. The molecule has 0 radical (unpaired) electrons. The predicted octanol–water partition coefficient (Wildman–Crippen LogP) is 2.69. The molecular formula is C11H8F7N3O2. The van der Waals surface area contributed by atoms with Gasteiger partial charge in [-0.3, -0.25) is 0 Å². The average molecular weight is 347 g/mol. The highest BCUT2D eigenvalue weighted by atomic mass is 19.4. The van der Waals surface area contributed by atoms with E-state index in [9.17, 15) is 35.5 Å². The van der Waals surface area contributed by atoms with Crippen molar-refractivity contribution in [1.29, 1.82) is 0 Å². The van der Waals surface area contributed by atoms with E-state index in [0.29, 0.717) is 0 Å². The molecule has 0 aliphatic heterocycles. The summed E-state index contributed by atoms with van der Waals surface area (Å²) in [5.74, 6) is -0.748. The fourth-order valence-electron chi connectivity index (χ4n) is 1.83. The van der Waals surface area contributed by atoms with Crippen LogP contribution in [-0.4, -0.2) is 32.6 Å². The van der Waals surface area contributed by atoms with E-state index in [0.717, 1.165) is 6.33 Å². The summed E-state index contributed by atoms with van der Waals surface area (Å²) in [4.78, 5) is 18.7. The summed E-state index contributed by atoms with van der Waals surface area (Å²) in [5, 5.41) is 0. The number of aryl methyl sites for hydroxylation is 2. The number of aromatic nitrogens is 3. The van der Waals surface area contributed by atoms with Crippen molar-refractivity contribution in [2.45, 2.75) is 30.9 Å². The molecule has 0 N–H and O–H groups in total. The standard InChI is InChI=1S/C11H8F7N3O2/c1-21-4-19-6-7(21)20-5(23-8(6)22)2-3-9(12,10(13,14)15)11(16,17)18/h4H,2-3H2,1H3. The highest BCUT2D eigenvalue weighted by Gasteiger charge is 2.71. The van der Waals surface area contributed by atoms with E-state index in [1.165, 1.54) is 11.6 Å². The maximum atomic E-state index is 13.5. The Labute approximate surface area is 122 Å². The highest BCUT2D eigenvalue weighted by molar-refractivity contribution is 5.68. The molecule has 0 atom stereocenters. The van der Waals surface area contributed by atoms with Gasteiger partial charge in [0.05, 0.1) is 6.33 Å². The molecule has 2 aromatic heterocycles. The minimum Gasteiger partial charge on any atom is -0.407 e. The van der Waals surface area contributed by atoms with Crippen LogP contribution in [0.2, 0.25) is 0 Å². The van der Waals surface area contributed by atoms with Gasteiger partial charge >= 0.3 is 18.0 Å². The topological polar surface area (TPSA) is 60.9 Å². The van der Waals surface area contributed by atoms with Crippen molar-refractivity contribution in [1.82, 2.24) is 14.5 Å². The molecule has 2 aromatic rings. The Balaban J connectivity index is 2.35. The maximum Gasteiger partial charge on any atom is 0.431 e. The monoisotopic (exact) mass is 347 g/mol. The summed E-state index contributed by atoms with van der Waals surface area (Å²) >= 11 is 0. The van der Waals surface area contributed by atoms with Gasteiger partial charge in [0.15, 0.2) is 11.2 Å². The van der Waals surface area contributed by atoms with Crippen LogP contribution in [0.4, 0.5) is 30.7 Å². The van der Waals surface area contributed by atoms with E-state index in [1.807, 2.05) is 0 Å². The van der Waals surface area contributed by atoms with Crippen LogP contribution in [0.25, 0.3) is 11.2 Å². The first-order chi connectivity index (χ1) is 10.4. The summed E-state index contributed by atoms with van der Waals surface area (Å²) < 4.78 is 93.8. The van der Waals surface area contributed by atoms with Gasteiger partial charge in [0.1, 0.15) is 0 Å². The Bertz CT molecular complexity index is 760. The Hall–Kier alpha value is -2.14. The van der Waals surface area contributed by atoms with Crippen LogP contribution in [0, 0.1) is 0 Å². The molecule has 0 spiro atoms. The van der Waals surface area contributed by atoms with Gasteiger partial charge in [-0.15, -0.1) is 0 Å². The summed E-state index contributed by atoms with van der Waals surface area (Å²) in [5.41, 5.74) is -6.86. The highest BCUT2D eigenvalue weighted by Crippen LogP contribution is 2.48. The second kappa shape index (κ2) is 5.20. The van der Waals surface area contributed by atoms with Crippen LogP contribution >= 0.6 is 0 Å². The summed E-state index contributed by atoms with van der Waals surface area (Å²) in [7, 11) is 1.40. The quantitative estimate of drug-likeness (QED) is 0.801. The largest absolute Gasteiger partial charge is 0.431 e. The van der Waals surface area contributed by atoms with E-state index in [1.54, 1.807) is 0 Å². The summed E-state index contributed by atoms with van der Waals surface area (Å²) in [6.45, 7) is 0. The molecule has 0 amide bonds. The second-order valence-electron chi connectivity index (χ2n) is 4.72. The Kier molecular flexibility index (Phi) is 3.89. The first-order valence-corrected chi connectivity index (χ1v) is 6.00. The van der Waals surface area contributed by atoms with Gasteiger partial charge in [0.25, 0.3) is 5.67 Å². The molecular weight excluding hydrogens is 339 g/mol. The van der Waals surface area contributed by atoms with Gasteiger partial charge in [-0.25, -0.2) is 14.2 Å². The van der Waals surface area contributed by atoms with E-state index >= 15 is 0 Å². The third-order valence-electron chi connectivity index (χ3n) is 3.12. The molecule has 0 fully saturated rings. The molecule has 0 aliphatic carbocycles. The lowest BCUT2D eigenvalue weighted by molar-refractivity contribution is -0.343. The van der Waals surface area contributed by atoms with Gasteiger partial charge in [0, 0.05) is 19.9 Å². The number of imidazole rings is 1. The van der Waals surface area contributed by atoms with Crippen LogP contribution in [0.15, 0.2) is 15.5 Å². The van der Waals surface area contributed by atoms with Crippen LogP contribution in [0.1, 0.15) is 12.3 Å². The van der Waals surface area contributed by atoms with Crippen LogP contribution < -0.4 is 5.63 Å². The first-order valence-electron chi connectivity index (χ1n) is 6.00. The van der Waals surface area contributed by atoms with Crippen LogP contribution in [0.5, 0.6) is 0 Å². The van der Waals surface area contributed by atoms with Crippen molar-refractivity contribution in [2.24, 2.45) is 7.05 Å². The van der Waals surface area contributed by atoms with Crippen molar-refractivity contribution in [3.8, 4) is 0 Å². The number of hydrogen-bond acceptors (Lipinski definition) is 4. The van der Waals surface area contributed by atoms with E-state index in [4.69, 9.17) is 0 Å². The molecule has 0 aliphatic rings. The Morgan fingerprint density at radius 2 is 1.70 bits per heavy atom. The minimum atomic E-state index is -6.16. The zero-order valence-electron chi connectivity index (χ0n) is 11.3. The average Bonchev–Trinajstić information content (AvgIpc) is 2.76. The number of hydrogen-bond donors (Lipinski definition) is 0. The van der Waals surface area contributed by atoms with Gasteiger partial charge in [-0.1, -0.05) is 0 Å². The molecule has 128 valence electrons. The summed E-state index contributed by atoms with van der Waals surface area (Å²) in [6, 6.07) is 0. The number of halogens is 7. The molecule has 5 nitrogen and oxygen atoms in total. The molecule has 0 saturated carbocycles. The lowest BCUT2D eigenvalue weighted by atomic mass is 9.98. The fourth-order valence-corrected chi connectivity index (χ4v) is 1.83. The third-order valence-corrected chi connectivity index (χ3v) is 3.12. The van der Waals surface area contributed by atoms with E-state index < -0.39 is 42.4 Å². The second-order valence-corrected chi connectivity index (χ2v) is 4.72. The van der Waals surface area contributed by atoms with Crippen LogP contribution in [-0.2, 0) is 13.5 Å². The minimum absolute atomic E-state index is 0.0975. The lowest BCUT2D eigenvalue weighted by Crippen LogP contribution is -2.53. The van der Waals surface area contributed by atoms with Crippen molar-refractivity contribution in [2.75, 3.05) is 0 Å². The van der Waals surface area contributed by atoms with Crippen molar-refractivity contribution < 1.29 is 35.2 Å². The molecule has 12 heteroatoms. The SMILES string of the molecule is Cn1cnc2c(=O)oc(CCC(F)(C(F)(F)F)C(F)(F)F)nc21. The number of rotatable bonds is 3. The van der Waals surface area contributed by atoms with Gasteiger partial charge in [-0.05, 0) is 0 Å². The smallest absolute Gasteiger partial charge is 0.407 e. The number of fused-ring (bicyclic) bond motifs is 1. The van der Waals surface area contributed by atoms with Crippen LogP contribution in [0.3, 0.4) is 0 Å². The fraction of sp³-hybridized carbons (Fsp3) is 0.545. The zero-order valence-corrected chi connectivity index (χ0v) is 11.3. The first kappa shape index (κ1) is 17.2. The molecule has 23 heavy (non-hydrogen) atoms. The Morgan fingerprint density at radius 1 is 1.13 bits per heavy atom. The molecule has 0 bridgehead atoms. The van der Waals surface area contributed by atoms with Gasteiger partial charge < -0.3 is 8.98 Å². The van der Waals surface area contributed by atoms with E-state index in [2.05, 4.69) is 14.4 Å². The van der Waals surface area contributed by atoms with Gasteiger partial charge in [-0.2, -0.15) is 31.3 Å². The zero-order chi connectivity index (χ0) is 17.6. The molecule has 2 heterocycles. The molecule has 0 unspecified atom stereocenters. The number of alkyl halides is 7. The van der Waals surface area contributed by atoms with Crippen molar-refractivity contribution in [3.05, 3.63) is 22.6 Å². The number of nitrogens with zero attached hydrogens (tertiary/aromatic N) is 3. The maximum absolute atomic E-state index is 13.5. The lowest BCUT2D eigenvalue weighted by Gasteiger charge is -2.29. The third kappa shape index (κ3) is 2.88. The summed E-state index contributed by atoms with van der Waals surface area (Å²) in [6.07, 6.45) is -14.4. The van der Waals surface area contributed by atoms with E-state index in [-0.39, 0.29) is 11.2 Å². The van der Waals surface area contributed by atoms with Crippen molar-refractivity contribution >= 4 is 11.2 Å². The van der Waals surface area contributed by atoms with Gasteiger partial charge in [0.2, 0.25) is 5.89 Å². The Morgan fingerprint density at radius 3 is 2.22 bits per heavy atom. The normalized spacial score (nSPS) is 13.7. The van der Waals surface area contributed by atoms with Crippen molar-refractivity contribution in [3.63, 3.8) is 0 Å².